The van der Waals surface area contributed by atoms with Crippen molar-refractivity contribution in [1.29, 1.82) is 0 Å². The molecule has 0 bridgehead atoms. The minimum atomic E-state index is -2.00. The summed E-state index contributed by atoms with van der Waals surface area (Å²) in [5.74, 6) is 0.996. The molecule has 5 fully saturated rings. The van der Waals surface area contributed by atoms with Crippen molar-refractivity contribution in [2.75, 3.05) is 0 Å². The molecular formula is C34H53ClO4Si. The minimum Gasteiger partial charge on any atom is -0.412 e. The first-order valence-electron chi connectivity index (χ1n) is 16.0. The molecule has 0 aromatic heterocycles. The average molecular weight is 589 g/mol. The zero-order valence-electron chi connectivity index (χ0n) is 26.2. The SMILES string of the molecule is CC1(C)O[C@@H]2C3C([C@@H](OCc4ccccc4)C[C@@]4(Cl)C3CC[C@@H]4O[Si](C)(C)C(C)(C)C)[C@@]3(C)CCCCC3[C@H]2O1. The normalized spacial score (nSPS) is 44.4. The molecule has 1 aromatic carbocycles. The summed E-state index contributed by atoms with van der Waals surface area (Å²) in [6.45, 7) is 19.1. The summed E-state index contributed by atoms with van der Waals surface area (Å²) < 4.78 is 27.9. The fraction of sp³-hybridized carbons (Fsp3) is 0.824. The maximum atomic E-state index is 7.99. The minimum absolute atomic E-state index is 0.0505. The second-order valence-electron chi connectivity index (χ2n) is 16.0. The standard InChI is InChI=1S/C34H53ClO4Si/c1-31(2,3)40(7,8)39-26-18-17-23-27-28(25(20-34(23,26)35)36-21-22-14-10-9-11-15-22)33(6)19-13-12-16-24(33)29-30(27)38-32(4,5)37-29/h9-11,14-15,23-30H,12-13,16-21H2,1-8H3/t23?,24?,25-,26-,27?,28?,29+,30+,33-,34+/m0/s1. The zero-order valence-corrected chi connectivity index (χ0v) is 27.9. The molecule has 10 atom stereocenters. The van der Waals surface area contributed by atoms with E-state index in [2.05, 4.69) is 85.0 Å². The first kappa shape index (κ1) is 29.6. The molecule has 6 heteroatoms. The largest absolute Gasteiger partial charge is 0.412 e. The predicted molar refractivity (Wildman–Crippen MR) is 164 cm³/mol. The van der Waals surface area contributed by atoms with Crippen LogP contribution in [0.1, 0.15) is 92.1 Å². The molecule has 1 aromatic rings. The molecule has 0 amide bonds. The molecule has 40 heavy (non-hydrogen) atoms. The van der Waals surface area contributed by atoms with Crippen molar-refractivity contribution in [3.05, 3.63) is 35.9 Å². The number of hydrogen-bond acceptors (Lipinski definition) is 4. The third kappa shape index (κ3) is 4.77. The first-order valence-corrected chi connectivity index (χ1v) is 19.3. The van der Waals surface area contributed by atoms with Gasteiger partial charge in [0.1, 0.15) is 0 Å². The van der Waals surface area contributed by atoms with Gasteiger partial charge < -0.3 is 18.6 Å². The van der Waals surface area contributed by atoms with Crippen LogP contribution in [0.5, 0.6) is 0 Å². The number of halogens is 1. The van der Waals surface area contributed by atoms with Crippen LogP contribution in [0.25, 0.3) is 0 Å². The van der Waals surface area contributed by atoms with Crippen molar-refractivity contribution in [3.8, 4) is 0 Å². The third-order valence-electron chi connectivity index (χ3n) is 12.3. The van der Waals surface area contributed by atoms with Crippen molar-refractivity contribution < 1.29 is 18.6 Å². The topological polar surface area (TPSA) is 36.9 Å². The van der Waals surface area contributed by atoms with Crippen LogP contribution in [0.2, 0.25) is 18.1 Å². The number of fused-ring (bicyclic) bond motifs is 8. The molecule has 224 valence electrons. The highest BCUT2D eigenvalue weighted by Gasteiger charge is 2.71. The molecule has 4 aliphatic carbocycles. The van der Waals surface area contributed by atoms with Crippen LogP contribution in [-0.2, 0) is 25.2 Å². The van der Waals surface area contributed by atoms with E-state index in [4.69, 9.17) is 30.2 Å². The molecule has 0 radical (unpaired) electrons. The molecule has 4 unspecified atom stereocenters. The Labute approximate surface area is 249 Å². The molecule has 4 nitrogen and oxygen atoms in total. The molecule has 0 spiro atoms. The van der Waals surface area contributed by atoms with Crippen LogP contribution in [-0.4, -0.2) is 43.4 Å². The van der Waals surface area contributed by atoms with Crippen molar-refractivity contribution in [2.45, 2.75) is 146 Å². The van der Waals surface area contributed by atoms with E-state index in [1.54, 1.807) is 0 Å². The Morgan fingerprint density at radius 2 is 1.65 bits per heavy atom. The molecule has 6 rings (SSSR count). The molecule has 1 saturated heterocycles. The molecular weight excluding hydrogens is 536 g/mol. The lowest BCUT2D eigenvalue weighted by Crippen LogP contribution is -2.68. The molecule has 1 aliphatic heterocycles. The van der Waals surface area contributed by atoms with Crippen LogP contribution in [0.15, 0.2) is 30.3 Å². The Bertz CT molecular complexity index is 1070. The summed E-state index contributed by atoms with van der Waals surface area (Å²) in [5.41, 5.74) is 1.39. The van der Waals surface area contributed by atoms with Gasteiger partial charge in [-0.2, -0.15) is 0 Å². The van der Waals surface area contributed by atoms with E-state index in [-0.39, 0.29) is 34.9 Å². The highest BCUT2D eigenvalue weighted by Crippen LogP contribution is 2.68. The molecule has 5 aliphatic rings. The van der Waals surface area contributed by atoms with Crippen LogP contribution in [0.4, 0.5) is 0 Å². The quantitative estimate of drug-likeness (QED) is 0.254. The van der Waals surface area contributed by atoms with Gasteiger partial charge in [0.2, 0.25) is 0 Å². The van der Waals surface area contributed by atoms with E-state index in [0.717, 1.165) is 19.3 Å². The third-order valence-corrected chi connectivity index (χ3v) is 17.4. The number of hydrogen-bond donors (Lipinski definition) is 0. The first-order chi connectivity index (χ1) is 18.7. The number of benzene rings is 1. The summed E-state index contributed by atoms with van der Waals surface area (Å²) in [6.07, 6.45) is 8.34. The summed E-state index contributed by atoms with van der Waals surface area (Å²) in [6, 6.07) is 10.6. The van der Waals surface area contributed by atoms with E-state index in [0.29, 0.717) is 30.3 Å². The Balaban J connectivity index is 1.41. The van der Waals surface area contributed by atoms with Crippen LogP contribution in [0, 0.1) is 29.1 Å². The summed E-state index contributed by atoms with van der Waals surface area (Å²) in [5, 5.41) is 0.143. The van der Waals surface area contributed by atoms with Gasteiger partial charge in [-0.25, -0.2) is 0 Å². The van der Waals surface area contributed by atoms with E-state index in [9.17, 15) is 0 Å². The molecule has 0 N–H and O–H groups in total. The van der Waals surface area contributed by atoms with E-state index in [1.165, 1.54) is 31.2 Å². The van der Waals surface area contributed by atoms with E-state index in [1.807, 2.05) is 0 Å². The molecule has 1 heterocycles. The Kier molecular flexibility index (Phi) is 7.45. The van der Waals surface area contributed by atoms with Crippen molar-refractivity contribution >= 4 is 19.9 Å². The maximum Gasteiger partial charge on any atom is 0.192 e. The zero-order chi connectivity index (χ0) is 28.7. The second-order valence-corrected chi connectivity index (χ2v) is 21.5. The number of ether oxygens (including phenoxy) is 3. The van der Waals surface area contributed by atoms with Gasteiger partial charge in [0, 0.05) is 0 Å². The lowest BCUT2D eigenvalue weighted by atomic mass is 9.45. The second kappa shape index (κ2) is 10.1. The van der Waals surface area contributed by atoms with Crippen LogP contribution in [0.3, 0.4) is 0 Å². The lowest BCUT2D eigenvalue weighted by molar-refractivity contribution is -0.212. The maximum absolute atomic E-state index is 7.99. The molecule has 4 saturated carbocycles. The Hall–Kier alpha value is -0.433. The summed E-state index contributed by atoms with van der Waals surface area (Å²) in [7, 11) is -2.00. The Morgan fingerprint density at radius 3 is 2.35 bits per heavy atom. The highest BCUT2D eigenvalue weighted by atomic mass is 35.5. The lowest BCUT2D eigenvalue weighted by Gasteiger charge is -2.64. The predicted octanol–water partition coefficient (Wildman–Crippen LogP) is 8.72. The highest BCUT2D eigenvalue weighted by molar-refractivity contribution is 6.74. The summed E-state index contributed by atoms with van der Waals surface area (Å²) >= 11 is 7.99. The number of alkyl halides is 1. The van der Waals surface area contributed by atoms with Gasteiger partial charge in [0.25, 0.3) is 0 Å². The van der Waals surface area contributed by atoms with Crippen LogP contribution >= 0.6 is 11.6 Å². The monoisotopic (exact) mass is 588 g/mol. The summed E-state index contributed by atoms with van der Waals surface area (Å²) in [4.78, 5) is -0.448. The van der Waals surface area contributed by atoms with Gasteiger partial charge in [0.05, 0.1) is 35.9 Å². The van der Waals surface area contributed by atoms with Crippen molar-refractivity contribution in [1.82, 2.24) is 0 Å². The van der Waals surface area contributed by atoms with E-state index >= 15 is 0 Å². The van der Waals surface area contributed by atoms with Crippen molar-refractivity contribution in [2.24, 2.45) is 29.1 Å². The van der Waals surface area contributed by atoms with Crippen LogP contribution < -0.4 is 0 Å². The fourth-order valence-corrected chi connectivity index (χ4v) is 11.5. The van der Waals surface area contributed by atoms with Gasteiger partial charge in [-0.3, -0.25) is 0 Å². The van der Waals surface area contributed by atoms with Gasteiger partial charge in [-0.15, -0.1) is 11.6 Å². The van der Waals surface area contributed by atoms with Gasteiger partial charge in [0.15, 0.2) is 14.1 Å². The average Bonchev–Trinajstić information content (AvgIpc) is 3.37. The fourth-order valence-electron chi connectivity index (χ4n) is 9.47. The van der Waals surface area contributed by atoms with E-state index < -0.39 is 19.0 Å². The van der Waals surface area contributed by atoms with Gasteiger partial charge >= 0.3 is 0 Å². The van der Waals surface area contributed by atoms with Gasteiger partial charge in [-0.05, 0) is 98.7 Å². The Morgan fingerprint density at radius 1 is 0.950 bits per heavy atom. The van der Waals surface area contributed by atoms with Gasteiger partial charge in [-0.1, -0.05) is 70.9 Å². The number of rotatable bonds is 5. The smallest absolute Gasteiger partial charge is 0.192 e. The van der Waals surface area contributed by atoms with Crippen molar-refractivity contribution in [3.63, 3.8) is 0 Å².